The molecule has 364 valence electrons. The molecule has 10 aromatic carbocycles. The van der Waals surface area contributed by atoms with E-state index in [4.69, 9.17) is 0 Å². The highest BCUT2D eigenvalue weighted by molar-refractivity contribution is 8.32. The second-order valence-corrected chi connectivity index (χ2v) is 32.6. The van der Waals surface area contributed by atoms with Crippen LogP contribution in [0.25, 0.3) is 54.6 Å². The summed E-state index contributed by atoms with van der Waals surface area (Å²) in [4.78, 5) is 6.56. The van der Waals surface area contributed by atoms with Gasteiger partial charge in [0.15, 0.2) is 0 Å². The smallest absolute Gasteiger partial charge is 0.0775 e. The lowest BCUT2D eigenvalue weighted by Gasteiger charge is -2.34. The maximum Gasteiger partial charge on any atom is 0.0775 e. The van der Waals surface area contributed by atoms with Crippen LogP contribution in [0, 0.1) is 41.5 Å². The fraction of sp³-hybridized carbons (Fsp3) is 0.235. The lowest BCUT2D eigenvalue weighted by atomic mass is 9.83. The van der Waals surface area contributed by atoms with E-state index >= 15 is 0 Å². The van der Waals surface area contributed by atoms with Gasteiger partial charge in [-0.1, -0.05) is 155 Å². The van der Waals surface area contributed by atoms with Gasteiger partial charge in [-0.25, -0.2) is 10.0 Å². The van der Waals surface area contributed by atoms with E-state index in [1.165, 1.54) is 115 Å². The summed E-state index contributed by atoms with van der Waals surface area (Å²) in [6, 6.07) is 63.6. The molecule has 0 amide bonds. The average molecular weight is 977 g/mol. The number of hydrogen-bond acceptors (Lipinski definition) is 2. The topological polar surface area (TPSA) is 6.48 Å². The highest BCUT2D eigenvalue weighted by Gasteiger charge is 2.28. The van der Waals surface area contributed by atoms with Crippen molar-refractivity contribution in [3.63, 3.8) is 0 Å². The Morgan fingerprint density at radius 1 is 0.403 bits per heavy atom. The largest absolute Gasteiger partial charge is 0.310 e. The van der Waals surface area contributed by atoms with Gasteiger partial charge in [0.25, 0.3) is 0 Å². The minimum atomic E-state index is -1.61. The van der Waals surface area contributed by atoms with Crippen molar-refractivity contribution in [1.29, 1.82) is 0 Å². The van der Waals surface area contributed by atoms with Gasteiger partial charge in [0.2, 0.25) is 0 Å². The van der Waals surface area contributed by atoms with Crippen LogP contribution in [0.15, 0.2) is 169 Å². The molecule has 10 aromatic rings. The van der Waals surface area contributed by atoms with E-state index in [-0.39, 0.29) is 5.41 Å². The lowest BCUT2D eigenvalue weighted by Crippen LogP contribution is -2.37. The summed E-state index contributed by atoms with van der Waals surface area (Å²) in [5.74, 6) is 0. The quantitative estimate of drug-likeness (QED) is 0.0995. The highest BCUT2D eigenvalue weighted by atomic mass is 32.3. The molecule has 0 spiro atoms. The first-order valence-corrected chi connectivity index (χ1v) is 32.0. The van der Waals surface area contributed by atoms with Crippen molar-refractivity contribution in [3.8, 4) is 22.3 Å². The Morgan fingerprint density at radius 2 is 0.819 bits per heavy atom. The Bertz CT molecular complexity index is 3420. The summed E-state index contributed by atoms with van der Waals surface area (Å²) in [6.07, 6.45) is 7.16. The zero-order valence-corrected chi connectivity index (χ0v) is 47.2. The van der Waals surface area contributed by atoms with Crippen molar-refractivity contribution < 1.29 is 0 Å². The first kappa shape index (κ1) is 49.0. The van der Waals surface area contributed by atoms with Crippen molar-refractivity contribution in [1.82, 2.24) is 0 Å². The summed E-state index contributed by atoms with van der Waals surface area (Å²) in [5, 5.41) is 9.05. The van der Waals surface area contributed by atoms with E-state index in [9.17, 15) is 0 Å². The molecule has 10 rings (SSSR count). The third-order valence-corrected chi connectivity index (χ3v) is 19.0. The summed E-state index contributed by atoms with van der Waals surface area (Å²) < 4.78 is 0. The van der Waals surface area contributed by atoms with E-state index in [0.29, 0.717) is 0 Å². The highest BCUT2D eigenvalue weighted by Crippen LogP contribution is 2.53. The fourth-order valence-corrected chi connectivity index (χ4v) is 13.3. The summed E-state index contributed by atoms with van der Waals surface area (Å²) in [5.41, 5.74) is 20.9. The standard InChI is InChI=1S/C68H72N2SSi/c1-43-22-24-51(64-45(3)18-16-19-46(64)4)40-60(43)69(54-28-32-56(33-29-54)71(10,11)12)62-42-63(59-37-27-50-39-53(68(7,8)9)38-49-26-36-58(62)67(59)66(49)50)70(55-30-34-57(35-31-55)72(13,14)15)61-41-52(25-23-44(61)2)65-47(5)20-17-21-48(65)6/h16-42H,1-15H3. The number of anilines is 6. The SMILES string of the molecule is Cc1ccc(-c2c(C)cccc2C)cc1N(c1ccc([Si](C)(C)C)cc1)c1cc(N(c2ccc(S(C)(C)C)cc2)c2cc(-c3c(C)cccc3C)ccc2C)c2ccc3cc(C(C)(C)C)cc4ccc1c2c43. The predicted molar refractivity (Wildman–Crippen MR) is 324 cm³/mol. The van der Waals surface area contributed by atoms with Crippen molar-refractivity contribution in [2.45, 2.75) is 92.3 Å². The van der Waals surface area contributed by atoms with Gasteiger partial charge >= 0.3 is 0 Å². The Balaban J connectivity index is 1.36. The van der Waals surface area contributed by atoms with Gasteiger partial charge in [-0.15, -0.1) is 0 Å². The van der Waals surface area contributed by atoms with Crippen LogP contribution in [0.1, 0.15) is 59.7 Å². The van der Waals surface area contributed by atoms with Gasteiger partial charge in [-0.05, 0) is 203 Å². The van der Waals surface area contributed by atoms with Gasteiger partial charge in [-0.3, -0.25) is 0 Å². The molecule has 0 saturated heterocycles. The van der Waals surface area contributed by atoms with E-state index in [0.717, 1.165) is 22.7 Å². The summed E-state index contributed by atoms with van der Waals surface area (Å²) in [6.45, 7) is 27.9. The number of rotatable bonds is 10. The van der Waals surface area contributed by atoms with Crippen LogP contribution in [0.3, 0.4) is 0 Å². The molecular weight excluding hydrogens is 905 g/mol. The van der Waals surface area contributed by atoms with Crippen LogP contribution in [-0.4, -0.2) is 26.8 Å². The molecule has 0 aliphatic rings. The number of aryl methyl sites for hydroxylation is 6. The zero-order valence-electron chi connectivity index (χ0n) is 45.4. The molecule has 0 unspecified atom stereocenters. The van der Waals surface area contributed by atoms with Crippen LogP contribution >= 0.6 is 10.0 Å². The molecule has 0 saturated carbocycles. The molecule has 0 atom stereocenters. The molecule has 0 aliphatic carbocycles. The van der Waals surface area contributed by atoms with E-state index in [2.05, 4.69) is 274 Å². The van der Waals surface area contributed by atoms with E-state index in [1.54, 1.807) is 0 Å². The minimum absolute atomic E-state index is 0.00656. The second-order valence-electron chi connectivity index (χ2n) is 23.4. The first-order chi connectivity index (χ1) is 34.1. The van der Waals surface area contributed by atoms with Gasteiger partial charge in [-0.2, -0.15) is 0 Å². The van der Waals surface area contributed by atoms with Crippen LogP contribution in [0.4, 0.5) is 34.1 Å². The minimum Gasteiger partial charge on any atom is -0.310 e. The molecule has 0 radical (unpaired) electrons. The molecule has 72 heavy (non-hydrogen) atoms. The monoisotopic (exact) mass is 977 g/mol. The Hall–Kier alpha value is -6.59. The number of hydrogen-bond donors (Lipinski definition) is 0. The maximum absolute atomic E-state index is 2.58. The van der Waals surface area contributed by atoms with Gasteiger partial charge in [0, 0.05) is 38.9 Å². The summed E-state index contributed by atoms with van der Waals surface area (Å²) >= 11 is 0. The Morgan fingerprint density at radius 3 is 1.21 bits per heavy atom. The summed E-state index contributed by atoms with van der Waals surface area (Å²) in [7, 11) is -2.58. The van der Waals surface area contributed by atoms with Gasteiger partial charge < -0.3 is 9.80 Å². The number of nitrogens with zero attached hydrogens (tertiary/aromatic N) is 2. The van der Waals surface area contributed by atoms with Crippen LogP contribution in [0.2, 0.25) is 19.6 Å². The molecule has 0 fully saturated rings. The Labute approximate surface area is 433 Å². The maximum atomic E-state index is 2.58. The first-order valence-electron chi connectivity index (χ1n) is 25.7. The van der Waals surface area contributed by atoms with Gasteiger partial charge in [0.1, 0.15) is 0 Å². The normalized spacial score (nSPS) is 12.6. The Kier molecular flexibility index (Phi) is 12.4. The second kappa shape index (κ2) is 18.2. The number of benzene rings is 10. The zero-order chi connectivity index (χ0) is 51.2. The molecule has 0 N–H and O–H groups in total. The van der Waals surface area contributed by atoms with Crippen LogP contribution in [-0.2, 0) is 5.41 Å². The molecule has 4 heteroatoms. The van der Waals surface area contributed by atoms with E-state index < -0.39 is 18.1 Å². The predicted octanol–water partition coefficient (Wildman–Crippen LogP) is 19.6. The van der Waals surface area contributed by atoms with Crippen LogP contribution in [0.5, 0.6) is 0 Å². The van der Waals surface area contributed by atoms with E-state index in [1.807, 2.05) is 0 Å². The van der Waals surface area contributed by atoms with Crippen LogP contribution < -0.4 is 15.0 Å². The van der Waals surface area contributed by atoms with Crippen molar-refractivity contribution in [2.24, 2.45) is 0 Å². The molecule has 0 aliphatic heterocycles. The third-order valence-electron chi connectivity index (χ3n) is 15.3. The van der Waals surface area contributed by atoms with Crippen molar-refractivity contribution in [2.75, 3.05) is 28.6 Å². The third kappa shape index (κ3) is 8.81. The lowest BCUT2D eigenvalue weighted by molar-refractivity contribution is 0.591. The molecule has 2 nitrogen and oxygen atoms in total. The van der Waals surface area contributed by atoms with Crippen molar-refractivity contribution in [3.05, 3.63) is 203 Å². The fourth-order valence-electron chi connectivity index (χ4n) is 11.2. The van der Waals surface area contributed by atoms with Gasteiger partial charge in [0.05, 0.1) is 19.4 Å². The average Bonchev–Trinajstić information content (AvgIpc) is 3.32. The molecule has 0 bridgehead atoms. The van der Waals surface area contributed by atoms with Crippen molar-refractivity contribution >= 4 is 89.7 Å². The molecular formula is C68H72N2SSi. The molecule has 0 heterocycles. The molecule has 0 aromatic heterocycles.